The Morgan fingerprint density at radius 3 is 2.66 bits per heavy atom. The van der Waals surface area contributed by atoms with E-state index in [0.717, 1.165) is 52.2 Å². The SMILES string of the molecule is Cc1cccc(N2CCN(C[C@H]3C(=O)O[C@@H]4C[C@@]5(C)CCC[C@@]6(CO6)[C@@H]5C[C@H]43)CC2)c1C. The number of nitrogens with zero attached hydrogens (tertiary/aromatic N) is 2. The predicted molar refractivity (Wildman–Crippen MR) is 125 cm³/mol. The average molecular weight is 439 g/mol. The summed E-state index contributed by atoms with van der Waals surface area (Å²) >= 11 is 0. The standard InChI is InChI=1S/C27H38N2O3/c1-18-6-4-7-22(19(18)2)29-12-10-28(11-13-29)16-21-20-14-24-26(3,15-23(20)32-25(21)30)8-5-9-27(24)17-31-27/h4,6-7,20-21,23-24H,5,8-17H2,1-3H3/t20-,21+,23+,24+,26+,27+/m0/s1. The highest BCUT2D eigenvalue weighted by molar-refractivity contribution is 5.75. The van der Waals surface area contributed by atoms with E-state index in [1.165, 1.54) is 36.1 Å². The quantitative estimate of drug-likeness (QED) is 0.528. The normalized spacial score (nSPS) is 41.3. The molecule has 174 valence electrons. The van der Waals surface area contributed by atoms with Crippen LogP contribution in [0.2, 0.25) is 0 Å². The van der Waals surface area contributed by atoms with E-state index in [4.69, 9.17) is 9.47 Å². The number of hydrogen-bond donors (Lipinski definition) is 0. The van der Waals surface area contributed by atoms with Crippen LogP contribution in [-0.2, 0) is 14.3 Å². The van der Waals surface area contributed by atoms with Crippen molar-refractivity contribution in [2.75, 3.05) is 44.2 Å². The van der Waals surface area contributed by atoms with Gasteiger partial charge in [0.2, 0.25) is 0 Å². The molecule has 3 saturated heterocycles. The van der Waals surface area contributed by atoms with Gasteiger partial charge in [-0.3, -0.25) is 9.69 Å². The van der Waals surface area contributed by atoms with Crippen LogP contribution < -0.4 is 4.90 Å². The van der Waals surface area contributed by atoms with Crippen molar-refractivity contribution in [2.24, 2.45) is 23.2 Å². The van der Waals surface area contributed by atoms with Crippen LogP contribution in [0.15, 0.2) is 18.2 Å². The number of epoxide rings is 1. The smallest absolute Gasteiger partial charge is 0.310 e. The minimum atomic E-state index is 0.0366. The third-order valence-corrected chi connectivity index (χ3v) is 9.82. The van der Waals surface area contributed by atoms with Crippen LogP contribution in [-0.4, -0.2) is 61.9 Å². The second kappa shape index (κ2) is 7.46. The Bertz CT molecular complexity index is 904. The molecular formula is C27H38N2O3. The number of hydrogen-bond acceptors (Lipinski definition) is 5. The van der Waals surface area contributed by atoms with Gasteiger partial charge in [0.25, 0.3) is 0 Å². The molecule has 0 N–H and O–H groups in total. The van der Waals surface area contributed by atoms with Crippen LogP contribution in [0.5, 0.6) is 0 Å². The van der Waals surface area contributed by atoms with Crippen LogP contribution in [0.3, 0.4) is 0 Å². The summed E-state index contributed by atoms with van der Waals surface area (Å²) in [4.78, 5) is 18.0. The summed E-state index contributed by atoms with van der Waals surface area (Å²) in [7, 11) is 0. The summed E-state index contributed by atoms with van der Waals surface area (Å²) in [6.07, 6.45) is 6.00. The van der Waals surface area contributed by atoms with Gasteiger partial charge in [0.05, 0.1) is 18.1 Å². The molecule has 6 rings (SSSR count). The topological polar surface area (TPSA) is 45.3 Å². The number of fused-ring (bicyclic) bond motifs is 3. The molecule has 0 aromatic heterocycles. The monoisotopic (exact) mass is 438 g/mol. The number of benzene rings is 1. The lowest BCUT2D eigenvalue weighted by molar-refractivity contribution is -0.147. The van der Waals surface area contributed by atoms with Gasteiger partial charge < -0.3 is 14.4 Å². The van der Waals surface area contributed by atoms with Gasteiger partial charge in [-0.2, -0.15) is 0 Å². The maximum Gasteiger partial charge on any atom is 0.310 e. The van der Waals surface area contributed by atoms with Gasteiger partial charge in [0.1, 0.15) is 6.10 Å². The maximum absolute atomic E-state index is 13.0. The fraction of sp³-hybridized carbons (Fsp3) is 0.741. The zero-order valence-electron chi connectivity index (χ0n) is 19.9. The number of carbonyl (C=O) groups excluding carboxylic acids is 1. The highest BCUT2D eigenvalue weighted by Crippen LogP contribution is 2.62. The number of piperazine rings is 1. The first-order valence-electron chi connectivity index (χ1n) is 12.8. The van der Waals surface area contributed by atoms with E-state index in [-0.39, 0.29) is 29.0 Å². The average Bonchev–Trinajstić information content (AvgIpc) is 3.47. The van der Waals surface area contributed by atoms with Gasteiger partial charge in [-0.05, 0) is 74.5 Å². The zero-order valence-corrected chi connectivity index (χ0v) is 19.9. The van der Waals surface area contributed by atoms with Crippen LogP contribution in [0.1, 0.15) is 50.2 Å². The fourth-order valence-corrected chi connectivity index (χ4v) is 7.69. The number of aryl methyl sites for hydroxylation is 1. The van der Waals surface area contributed by atoms with Gasteiger partial charge in [-0.15, -0.1) is 0 Å². The highest BCUT2D eigenvalue weighted by Gasteiger charge is 2.65. The van der Waals surface area contributed by atoms with Crippen LogP contribution in [0, 0.1) is 37.0 Å². The number of ether oxygens (including phenoxy) is 2. The molecule has 2 saturated carbocycles. The van der Waals surface area contributed by atoms with E-state index < -0.39 is 0 Å². The molecule has 0 unspecified atom stereocenters. The first-order valence-corrected chi connectivity index (χ1v) is 12.8. The molecule has 32 heavy (non-hydrogen) atoms. The molecule has 5 fully saturated rings. The molecule has 1 aromatic carbocycles. The molecule has 1 spiro atoms. The van der Waals surface area contributed by atoms with E-state index >= 15 is 0 Å². The second-order valence-electron chi connectivity index (χ2n) is 11.6. The van der Waals surface area contributed by atoms with E-state index in [0.29, 0.717) is 11.8 Å². The van der Waals surface area contributed by atoms with Crippen LogP contribution in [0.25, 0.3) is 0 Å². The molecule has 5 aliphatic rings. The van der Waals surface area contributed by atoms with Gasteiger partial charge in [0.15, 0.2) is 0 Å². The van der Waals surface area contributed by atoms with Gasteiger partial charge in [-0.1, -0.05) is 19.1 Å². The molecule has 5 nitrogen and oxygen atoms in total. The second-order valence-corrected chi connectivity index (χ2v) is 11.6. The number of anilines is 1. The molecule has 2 aliphatic carbocycles. The first-order chi connectivity index (χ1) is 15.4. The van der Waals surface area contributed by atoms with Crippen molar-refractivity contribution in [3.8, 4) is 0 Å². The summed E-state index contributed by atoms with van der Waals surface area (Å²) in [5, 5.41) is 0. The Hall–Kier alpha value is -1.59. The summed E-state index contributed by atoms with van der Waals surface area (Å²) in [5.74, 6) is 1.07. The molecule has 0 bridgehead atoms. The summed E-state index contributed by atoms with van der Waals surface area (Å²) in [6.45, 7) is 12.7. The van der Waals surface area contributed by atoms with Gasteiger partial charge in [0, 0.05) is 44.3 Å². The van der Waals surface area contributed by atoms with Crippen molar-refractivity contribution >= 4 is 11.7 Å². The molecule has 0 amide bonds. The Morgan fingerprint density at radius 1 is 1.12 bits per heavy atom. The van der Waals surface area contributed by atoms with Crippen molar-refractivity contribution in [2.45, 2.75) is 64.6 Å². The van der Waals surface area contributed by atoms with Gasteiger partial charge >= 0.3 is 5.97 Å². The minimum Gasteiger partial charge on any atom is -0.462 e. The van der Waals surface area contributed by atoms with Crippen LogP contribution in [0.4, 0.5) is 5.69 Å². The van der Waals surface area contributed by atoms with Gasteiger partial charge in [-0.25, -0.2) is 0 Å². The van der Waals surface area contributed by atoms with E-state index in [2.05, 4.69) is 48.8 Å². The minimum absolute atomic E-state index is 0.0366. The summed E-state index contributed by atoms with van der Waals surface area (Å²) in [5.41, 5.74) is 4.52. The van der Waals surface area contributed by atoms with E-state index in [1.54, 1.807) is 0 Å². The Morgan fingerprint density at radius 2 is 1.91 bits per heavy atom. The Kier molecular flexibility index (Phi) is 4.89. The largest absolute Gasteiger partial charge is 0.462 e. The van der Waals surface area contributed by atoms with Crippen molar-refractivity contribution in [1.29, 1.82) is 0 Å². The summed E-state index contributed by atoms with van der Waals surface area (Å²) in [6, 6.07) is 6.60. The number of esters is 1. The molecule has 6 atom stereocenters. The van der Waals surface area contributed by atoms with Crippen molar-refractivity contribution in [3.63, 3.8) is 0 Å². The fourth-order valence-electron chi connectivity index (χ4n) is 7.69. The zero-order chi connectivity index (χ0) is 22.1. The molecule has 3 aliphatic heterocycles. The number of rotatable bonds is 3. The third kappa shape index (κ3) is 3.30. The molecular weight excluding hydrogens is 400 g/mol. The van der Waals surface area contributed by atoms with Crippen molar-refractivity contribution in [3.05, 3.63) is 29.3 Å². The maximum atomic E-state index is 13.0. The van der Waals surface area contributed by atoms with E-state index in [9.17, 15) is 4.79 Å². The van der Waals surface area contributed by atoms with E-state index in [1.807, 2.05) is 0 Å². The predicted octanol–water partition coefficient (Wildman–Crippen LogP) is 3.95. The molecule has 0 radical (unpaired) electrons. The van der Waals surface area contributed by atoms with Crippen LogP contribution >= 0.6 is 0 Å². The molecule has 3 heterocycles. The third-order valence-electron chi connectivity index (χ3n) is 9.82. The lowest BCUT2D eigenvalue weighted by atomic mass is 9.53. The Balaban J connectivity index is 1.12. The first kappa shape index (κ1) is 21.0. The lowest BCUT2D eigenvalue weighted by Gasteiger charge is -2.51. The van der Waals surface area contributed by atoms with Crippen molar-refractivity contribution in [1.82, 2.24) is 4.90 Å². The molecule has 1 aromatic rings. The molecule has 5 heteroatoms. The van der Waals surface area contributed by atoms with Crippen molar-refractivity contribution < 1.29 is 14.3 Å². The summed E-state index contributed by atoms with van der Waals surface area (Å²) < 4.78 is 12.1. The lowest BCUT2D eigenvalue weighted by Crippen LogP contribution is -2.52. The number of carbonyl (C=O) groups is 1. The Labute approximate surface area is 192 Å². The highest BCUT2D eigenvalue weighted by atomic mass is 16.6.